The normalized spacial score (nSPS) is 11.4. The zero-order valence-corrected chi connectivity index (χ0v) is 10.8. The van der Waals surface area contributed by atoms with Gasteiger partial charge in [0.1, 0.15) is 0 Å². The van der Waals surface area contributed by atoms with E-state index in [1.54, 1.807) is 6.07 Å². The maximum absolute atomic E-state index is 7.25. The number of hydrogen-bond donors (Lipinski definition) is 1. The van der Waals surface area contributed by atoms with Crippen molar-refractivity contribution in [2.24, 2.45) is 0 Å². The Labute approximate surface area is 106 Å². The topological polar surface area (TPSA) is 27.1 Å². The van der Waals surface area contributed by atoms with Crippen LogP contribution in [0.25, 0.3) is 6.08 Å². The Morgan fingerprint density at radius 1 is 1.38 bits per heavy atom. The molecule has 0 saturated carbocycles. The van der Waals surface area contributed by atoms with Crippen molar-refractivity contribution in [1.29, 1.82) is 5.41 Å². The molecule has 0 aliphatic rings. The molecular weight excluding hydrogens is 243 g/mol. The van der Waals surface area contributed by atoms with Gasteiger partial charge < -0.3 is 4.90 Å². The fourth-order valence-electron chi connectivity index (χ4n) is 1.37. The smallest absolute Gasteiger partial charge is 0.0859 e. The van der Waals surface area contributed by atoms with Crippen molar-refractivity contribution in [2.75, 3.05) is 6.54 Å². The Kier molecular flexibility index (Phi) is 4.84. The maximum atomic E-state index is 7.25. The Morgan fingerprint density at radius 3 is 2.56 bits per heavy atom. The van der Waals surface area contributed by atoms with Crippen LogP contribution in [0.1, 0.15) is 19.4 Å². The molecule has 2 nitrogen and oxygen atoms in total. The fraction of sp³-hybridized carbons (Fsp3) is 0.250. The summed E-state index contributed by atoms with van der Waals surface area (Å²) in [6, 6.07) is 5.48. The standard InChI is InChI=1S/C12H14Cl2N2/c1-3-16(8-15)9(2)6-10-4-5-11(13)12(14)7-10/h4-8,15H,3H2,1-2H3/b9-6+,15-8?. The molecule has 0 fully saturated rings. The number of allylic oxidation sites excluding steroid dienone is 1. The quantitative estimate of drug-likeness (QED) is 0.632. The first-order chi connectivity index (χ1) is 7.58. The molecule has 0 aliphatic heterocycles. The van der Waals surface area contributed by atoms with E-state index < -0.39 is 0 Å². The van der Waals surface area contributed by atoms with Gasteiger partial charge in [-0.25, -0.2) is 0 Å². The second-order valence-electron chi connectivity index (χ2n) is 3.37. The molecule has 0 heterocycles. The zero-order valence-electron chi connectivity index (χ0n) is 9.30. The van der Waals surface area contributed by atoms with Crippen LogP contribution in [0.2, 0.25) is 10.0 Å². The predicted molar refractivity (Wildman–Crippen MR) is 71.3 cm³/mol. The van der Waals surface area contributed by atoms with Gasteiger partial charge in [-0.1, -0.05) is 29.3 Å². The third-order valence-electron chi connectivity index (χ3n) is 2.27. The molecule has 1 aromatic carbocycles. The summed E-state index contributed by atoms with van der Waals surface area (Å²) in [5, 5.41) is 8.34. The molecule has 0 unspecified atom stereocenters. The van der Waals surface area contributed by atoms with E-state index in [2.05, 4.69) is 0 Å². The van der Waals surface area contributed by atoms with E-state index in [-0.39, 0.29) is 0 Å². The molecule has 0 spiro atoms. The monoisotopic (exact) mass is 256 g/mol. The summed E-state index contributed by atoms with van der Waals surface area (Å²) in [7, 11) is 0. The highest BCUT2D eigenvalue weighted by atomic mass is 35.5. The third-order valence-corrected chi connectivity index (χ3v) is 3.01. The number of nitrogens with zero attached hydrogens (tertiary/aromatic N) is 1. The van der Waals surface area contributed by atoms with Crippen LogP contribution in [-0.4, -0.2) is 17.8 Å². The summed E-state index contributed by atoms with van der Waals surface area (Å²) in [5.41, 5.74) is 1.98. The van der Waals surface area contributed by atoms with Crippen LogP contribution in [0.5, 0.6) is 0 Å². The largest absolute Gasteiger partial charge is 0.337 e. The number of halogens is 2. The van der Waals surface area contributed by atoms with Crippen molar-refractivity contribution in [3.05, 3.63) is 39.5 Å². The molecule has 1 rings (SSSR count). The fourth-order valence-corrected chi connectivity index (χ4v) is 1.68. The molecule has 1 N–H and O–H groups in total. The van der Waals surface area contributed by atoms with E-state index in [1.165, 1.54) is 6.34 Å². The van der Waals surface area contributed by atoms with Crippen molar-refractivity contribution in [2.45, 2.75) is 13.8 Å². The Hall–Kier alpha value is -0.990. The molecule has 0 amide bonds. The summed E-state index contributed by atoms with van der Waals surface area (Å²) in [6.45, 7) is 4.72. The van der Waals surface area contributed by atoms with Crippen molar-refractivity contribution >= 4 is 35.6 Å². The summed E-state index contributed by atoms with van der Waals surface area (Å²) >= 11 is 11.8. The lowest BCUT2D eigenvalue weighted by atomic mass is 10.2. The minimum atomic E-state index is 0.543. The van der Waals surface area contributed by atoms with E-state index in [1.807, 2.05) is 37.0 Å². The van der Waals surface area contributed by atoms with Crippen LogP contribution >= 0.6 is 23.2 Å². The highest BCUT2D eigenvalue weighted by Crippen LogP contribution is 2.23. The number of hydrogen-bond acceptors (Lipinski definition) is 1. The van der Waals surface area contributed by atoms with Crippen LogP contribution in [0.3, 0.4) is 0 Å². The van der Waals surface area contributed by atoms with Gasteiger partial charge in [0.05, 0.1) is 16.4 Å². The number of rotatable bonds is 4. The van der Waals surface area contributed by atoms with Gasteiger partial charge in [-0.15, -0.1) is 0 Å². The molecular formula is C12H14Cl2N2. The molecule has 4 heteroatoms. The molecule has 0 radical (unpaired) electrons. The second-order valence-corrected chi connectivity index (χ2v) is 4.19. The van der Waals surface area contributed by atoms with Crippen molar-refractivity contribution in [3.8, 4) is 0 Å². The molecule has 0 bridgehead atoms. The minimum Gasteiger partial charge on any atom is -0.337 e. The van der Waals surface area contributed by atoms with Gasteiger partial charge in [0.15, 0.2) is 0 Å². The first-order valence-corrected chi connectivity index (χ1v) is 5.74. The Balaban J connectivity index is 2.97. The average Bonchev–Trinajstić information content (AvgIpc) is 2.25. The minimum absolute atomic E-state index is 0.543. The summed E-state index contributed by atoms with van der Waals surface area (Å²) in [4.78, 5) is 1.84. The van der Waals surface area contributed by atoms with Gasteiger partial charge in [0, 0.05) is 12.2 Å². The van der Waals surface area contributed by atoms with Gasteiger partial charge in [0.25, 0.3) is 0 Å². The summed E-state index contributed by atoms with van der Waals surface area (Å²) in [6.07, 6.45) is 3.28. The van der Waals surface area contributed by atoms with E-state index >= 15 is 0 Å². The van der Waals surface area contributed by atoms with E-state index in [0.717, 1.165) is 17.8 Å². The molecule has 0 saturated heterocycles. The maximum Gasteiger partial charge on any atom is 0.0859 e. The molecule has 16 heavy (non-hydrogen) atoms. The highest BCUT2D eigenvalue weighted by Gasteiger charge is 2.01. The molecule has 0 aliphatic carbocycles. The third kappa shape index (κ3) is 3.26. The van der Waals surface area contributed by atoms with Gasteiger partial charge in [-0.05, 0) is 37.6 Å². The van der Waals surface area contributed by atoms with Gasteiger partial charge in [0.2, 0.25) is 0 Å². The summed E-state index contributed by atoms with van der Waals surface area (Å²) < 4.78 is 0. The van der Waals surface area contributed by atoms with Crippen molar-refractivity contribution < 1.29 is 0 Å². The molecule has 0 atom stereocenters. The molecule has 1 aromatic rings. The Bertz CT molecular complexity index is 413. The van der Waals surface area contributed by atoms with E-state index in [9.17, 15) is 0 Å². The summed E-state index contributed by atoms with van der Waals surface area (Å²) in [5.74, 6) is 0. The van der Waals surface area contributed by atoms with Crippen LogP contribution in [0, 0.1) is 5.41 Å². The molecule has 0 aromatic heterocycles. The van der Waals surface area contributed by atoms with Gasteiger partial charge in [-0.3, -0.25) is 5.41 Å². The Morgan fingerprint density at radius 2 is 2.06 bits per heavy atom. The number of nitrogens with one attached hydrogen (secondary N) is 1. The number of benzene rings is 1. The highest BCUT2D eigenvalue weighted by molar-refractivity contribution is 6.42. The lowest BCUT2D eigenvalue weighted by Gasteiger charge is -2.17. The molecule has 86 valence electrons. The first kappa shape index (κ1) is 13.1. The average molecular weight is 257 g/mol. The van der Waals surface area contributed by atoms with Gasteiger partial charge >= 0.3 is 0 Å². The van der Waals surface area contributed by atoms with Crippen LogP contribution < -0.4 is 0 Å². The van der Waals surface area contributed by atoms with E-state index in [0.29, 0.717) is 10.0 Å². The van der Waals surface area contributed by atoms with Crippen LogP contribution in [0.15, 0.2) is 23.9 Å². The van der Waals surface area contributed by atoms with Crippen molar-refractivity contribution in [3.63, 3.8) is 0 Å². The SMILES string of the molecule is CCN(C=N)/C(C)=C/c1ccc(Cl)c(Cl)c1. The predicted octanol–water partition coefficient (Wildman–Crippen LogP) is 4.28. The first-order valence-electron chi connectivity index (χ1n) is 4.99. The van der Waals surface area contributed by atoms with Crippen LogP contribution in [0.4, 0.5) is 0 Å². The van der Waals surface area contributed by atoms with E-state index in [4.69, 9.17) is 28.6 Å². The van der Waals surface area contributed by atoms with Crippen LogP contribution in [-0.2, 0) is 0 Å². The second kappa shape index (κ2) is 5.92. The zero-order chi connectivity index (χ0) is 12.1. The van der Waals surface area contributed by atoms with Gasteiger partial charge in [-0.2, -0.15) is 0 Å². The lowest BCUT2D eigenvalue weighted by molar-refractivity contribution is 0.560. The van der Waals surface area contributed by atoms with Crippen molar-refractivity contribution in [1.82, 2.24) is 4.90 Å². The lowest BCUT2D eigenvalue weighted by Crippen LogP contribution is -2.18.